The van der Waals surface area contributed by atoms with Gasteiger partial charge in [0.25, 0.3) is 0 Å². The van der Waals surface area contributed by atoms with Crippen molar-refractivity contribution in [1.29, 1.82) is 0 Å². The molecular weight excluding hydrogens is 280 g/mol. The predicted octanol–water partition coefficient (Wildman–Crippen LogP) is 1.79. The molecule has 1 aliphatic heterocycles. The molecule has 1 fully saturated rings. The number of anilines is 1. The van der Waals surface area contributed by atoms with Crippen molar-refractivity contribution in [2.45, 2.75) is 32.4 Å². The molecular formula is C16H22N4O2. The van der Waals surface area contributed by atoms with Crippen LogP contribution in [0.2, 0.25) is 0 Å². The van der Waals surface area contributed by atoms with E-state index in [-0.39, 0.29) is 6.10 Å². The molecule has 22 heavy (non-hydrogen) atoms. The summed E-state index contributed by atoms with van der Waals surface area (Å²) in [5.74, 6) is 1.43. The van der Waals surface area contributed by atoms with Crippen LogP contribution in [0.15, 0.2) is 28.9 Å². The van der Waals surface area contributed by atoms with Gasteiger partial charge < -0.3 is 15.0 Å². The van der Waals surface area contributed by atoms with Crippen LogP contribution < -0.4 is 5.73 Å². The molecule has 0 radical (unpaired) electrons. The Kier molecular flexibility index (Phi) is 4.70. The smallest absolute Gasteiger partial charge is 0.133 e. The van der Waals surface area contributed by atoms with Crippen LogP contribution in [-0.4, -0.2) is 40.8 Å². The number of hydrogen-bond donors (Lipinski definition) is 1. The standard InChI is InChI=1S/C16H22N4O2/c1-12-8-14(19-22-12)10-20-6-7-21-15(11-20)3-2-13-4-5-18-16(17)9-13/h4-5,8-9,15H,2-3,6-7,10-11H2,1H3,(H2,17,18)/t15-/m1/s1. The lowest BCUT2D eigenvalue weighted by atomic mass is 10.1. The van der Waals surface area contributed by atoms with E-state index in [1.165, 1.54) is 5.56 Å². The van der Waals surface area contributed by atoms with Crippen molar-refractivity contribution >= 4 is 5.82 Å². The van der Waals surface area contributed by atoms with Gasteiger partial charge in [-0.3, -0.25) is 4.90 Å². The Labute approximate surface area is 130 Å². The summed E-state index contributed by atoms with van der Waals surface area (Å²) in [6.45, 7) is 5.36. The van der Waals surface area contributed by atoms with E-state index < -0.39 is 0 Å². The maximum atomic E-state index is 5.87. The highest BCUT2D eigenvalue weighted by Crippen LogP contribution is 2.15. The molecule has 2 N–H and O–H groups in total. The molecule has 1 aliphatic rings. The summed E-state index contributed by atoms with van der Waals surface area (Å²) < 4.78 is 11.0. The molecule has 1 saturated heterocycles. The summed E-state index contributed by atoms with van der Waals surface area (Å²) in [4.78, 5) is 6.39. The van der Waals surface area contributed by atoms with Gasteiger partial charge in [0, 0.05) is 31.9 Å². The third-order valence-electron chi connectivity index (χ3n) is 3.89. The highest BCUT2D eigenvalue weighted by molar-refractivity contribution is 5.31. The molecule has 0 amide bonds. The fraction of sp³-hybridized carbons (Fsp3) is 0.500. The van der Waals surface area contributed by atoms with E-state index >= 15 is 0 Å². The molecule has 0 aliphatic carbocycles. The van der Waals surface area contributed by atoms with Crippen LogP contribution in [-0.2, 0) is 17.7 Å². The average molecular weight is 302 g/mol. The topological polar surface area (TPSA) is 77.4 Å². The number of aryl methyl sites for hydroxylation is 2. The lowest BCUT2D eigenvalue weighted by Gasteiger charge is -2.32. The second-order valence-corrected chi connectivity index (χ2v) is 5.78. The van der Waals surface area contributed by atoms with E-state index in [1.807, 2.05) is 25.1 Å². The number of hydrogen-bond acceptors (Lipinski definition) is 6. The second kappa shape index (κ2) is 6.89. The van der Waals surface area contributed by atoms with Gasteiger partial charge in [0.1, 0.15) is 11.6 Å². The molecule has 6 heteroatoms. The van der Waals surface area contributed by atoms with Crippen LogP contribution in [0.3, 0.4) is 0 Å². The van der Waals surface area contributed by atoms with Crippen LogP contribution in [0, 0.1) is 6.92 Å². The van der Waals surface area contributed by atoms with Crippen molar-refractivity contribution in [3.63, 3.8) is 0 Å². The molecule has 0 bridgehead atoms. The SMILES string of the molecule is Cc1cc(CN2CCO[C@H](CCc3ccnc(N)c3)C2)no1. The first-order chi connectivity index (χ1) is 10.7. The fourth-order valence-corrected chi connectivity index (χ4v) is 2.80. The highest BCUT2D eigenvalue weighted by Gasteiger charge is 2.21. The normalized spacial score (nSPS) is 19.4. The monoisotopic (exact) mass is 302 g/mol. The lowest BCUT2D eigenvalue weighted by molar-refractivity contribution is -0.0351. The minimum atomic E-state index is 0.246. The maximum Gasteiger partial charge on any atom is 0.133 e. The van der Waals surface area contributed by atoms with E-state index in [0.717, 1.165) is 50.5 Å². The number of morpholine rings is 1. The Morgan fingerprint density at radius 2 is 2.32 bits per heavy atom. The molecule has 118 valence electrons. The van der Waals surface area contributed by atoms with E-state index in [1.54, 1.807) is 6.20 Å². The predicted molar refractivity (Wildman–Crippen MR) is 83.2 cm³/mol. The number of nitrogens with zero attached hydrogens (tertiary/aromatic N) is 3. The zero-order valence-corrected chi connectivity index (χ0v) is 12.9. The molecule has 3 heterocycles. The Hall–Kier alpha value is -1.92. The number of nitrogen functional groups attached to an aromatic ring is 1. The second-order valence-electron chi connectivity index (χ2n) is 5.78. The number of aromatic nitrogens is 2. The van der Waals surface area contributed by atoms with Crippen molar-refractivity contribution < 1.29 is 9.26 Å². The van der Waals surface area contributed by atoms with Crippen LogP contribution in [0.1, 0.15) is 23.4 Å². The van der Waals surface area contributed by atoms with Gasteiger partial charge in [-0.1, -0.05) is 5.16 Å². The number of rotatable bonds is 5. The summed E-state index contributed by atoms with van der Waals surface area (Å²) in [5.41, 5.74) is 7.91. The fourth-order valence-electron chi connectivity index (χ4n) is 2.80. The molecule has 1 atom stereocenters. The Morgan fingerprint density at radius 1 is 1.41 bits per heavy atom. The molecule has 0 aromatic carbocycles. The number of ether oxygens (including phenoxy) is 1. The van der Waals surface area contributed by atoms with Gasteiger partial charge in [-0.15, -0.1) is 0 Å². The summed E-state index contributed by atoms with van der Waals surface area (Å²) >= 11 is 0. The maximum absolute atomic E-state index is 5.87. The number of nitrogens with two attached hydrogens (primary N) is 1. The first kappa shape index (κ1) is 15.0. The lowest BCUT2D eigenvalue weighted by Crippen LogP contribution is -2.42. The minimum Gasteiger partial charge on any atom is -0.384 e. The van der Waals surface area contributed by atoms with Crippen molar-refractivity contribution in [2.75, 3.05) is 25.4 Å². The highest BCUT2D eigenvalue weighted by atomic mass is 16.5. The van der Waals surface area contributed by atoms with E-state index in [0.29, 0.717) is 5.82 Å². The molecule has 0 unspecified atom stereocenters. The van der Waals surface area contributed by atoms with Crippen LogP contribution in [0.4, 0.5) is 5.82 Å². The van der Waals surface area contributed by atoms with Crippen molar-refractivity contribution in [3.05, 3.63) is 41.4 Å². The van der Waals surface area contributed by atoms with Gasteiger partial charge in [-0.25, -0.2) is 4.98 Å². The van der Waals surface area contributed by atoms with Crippen molar-refractivity contribution in [1.82, 2.24) is 15.0 Å². The van der Waals surface area contributed by atoms with Crippen molar-refractivity contribution in [3.8, 4) is 0 Å². The van der Waals surface area contributed by atoms with Gasteiger partial charge in [0.05, 0.1) is 18.4 Å². The minimum absolute atomic E-state index is 0.246. The van der Waals surface area contributed by atoms with Crippen LogP contribution in [0.25, 0.3) is 0 Å². The first-order valence-corrected chi connectivity index (χ1v) is 7.65. The zero-order chi connectivity index (χ0) is 15.4. The molecule has 2 aromatic heterocycles. The van der Waals surface area contributed by atoms with Crippen LogP contribution in [0.5, 0.6) is 0 Å². The average Bonchev–Trinajstić information content (AvgIpc) is 2.91. The summed E-state index contributed by atoms with van der Waals surface area (Å²) in [6.07, 6.45) is 3.94. The van der Waals surface area contributed by atoms with Gasteiger partial charge in [0.2, 0.25) is 0 Å². The summed E-state index contributed by atoms with van der Waals surface area (Å²) in [5, 5.41) is 4.06. The van der Waals surface area contributed by atoms with Gasteiger partial charge in [-0.2, -0.15) is 0 Å². The third-order valence-corrected chi connectivity index (χ3v) is 3.89. The Balaban J connectivity index is 1.50. The Bertz CT molecular complexity index is 614. The van der Waals surface area contributed by atoms with Gasteiger partial charge in [-0.05, 0) is 37.5 Å². The van der Waals surface area contributed by atoms with E-state index in [9.17, 15) is 0 Å². The Morgan fingerprint density at radius 3 is 3.09 bits per heavy atom. The van der Waals surface area contributed by atoms with E-state index in [2.05, 4.69) is 15.0 Å². The largest absolute Gasteiger partial charge is 0.384 e. The number of pyridine rings is 1. The van der Waals surface area contributed by atoms with Gasteiger partial charge in [0.15, 0.2) is 0 Å². The molecule has 6 nitrogen and oxygen atoms in total. The quantitative estimate of drug-likeness (QED) is 0.907. The third kappa shape index (κ3) is 4.05. The molecule has 3 rings (SSSR count). The van der Waals surface area contributed by atoms with Gasteiger partial charge >= 0.3 is 0 Å². The summed E-state index contributed by atoms with van der Waals surface area (Å²) in [7, 11) is 0. The zero-order valence-electron chi connectivity index (χ0n) is 12.9. The van der Waals surface area contributed by atoms with E-state index in [4.69, 9.17) is 15.0 Å². The first-order valence-electron chi connectivity index (χ1n) is 7.65. The molecule has 0 saturated carbocycles. The van der Waals surface area contributed by atoms with Crippen LogP contribution >= 0.6 is 0 Å². The van der Waals surface area contributed by atoms with Crippen molar-refractivity contribution in [2.24, 2.45) is 0 Å². The molecule has 2 aromatic rings. The summed E-state index contributed by atoms with van der Waals surface area (Å²) in [6, 6.07) is 5.93. The molecule has 0 spiro atoms.